The largest absolute Gasteiger partial charge is 0.459 e. The number of hydrogen-bond acceptors (Lipinski definition) is 2. The quantitative estimate of drug-likeness (QED) is 0.366. The molecule has 1 nitrogen and oxygen atoms in total. The lowest BCUT2D eigenvalue weighted by Gasteiger charge is -1.87. The molecular weight excluding hydrogens is 96.1 g/mol. The van der Waals surface area contributed by atoms with E-state index in [0.717, 1.165) is 0 Å². The first-order chi connectivity index (χ1) is 2.77. The fourth-order valence-electron chi connectivity index (χ4n) is 0.117. The molecule has 0 aromatic rings. The highest BCUT2D eigenvalue weighted by atomic mass is 32.1. The van der Waals surface area contributed by atoms with Gasteiger partial charge in [-0.05, 0) is 12.2 Å². The van der Waals surface area contributed by atoms with Crippen molar-refractivity contribution < 1.29 is 4.74 Å². The molecule has 34 valence electrons. The normalized spacial score (nSPS) is 6.83. The van der Waals surface area contributed by atoms with Crippen molar-refractivity contribution in [1.29, 1.82) is 0 Å². The highest BCUT2D eigenvalue weighted by Gasteiger charge is 1.72. The molecule has 0 spiro atoms. The Balaban J connectivity index is 3.05. The van der Waals surface area contributed by atoms with Crippen LogP contribution in [0, 0.1) is 0 Å². The topological polar surface area (TPSA) is 9.23 Å². The van der Waals surface area contributed by atoms with Crippen molar-refractivity contribution in [2.75, 3.05) is 0 Å². The van der Waals surface area contributed by atoms with Crippen LogP contribution in [-0.2, 0) is 4.74 Å². The highest BCUT2D eigenvalue weighted by molar-refractivity contribution is 7.80. The summed E-state index contributed by atoms with van der Waals surface area (Å²) in [4.78, 5) is 0. The number of hydrogen-bond donors (Lipinski definition) is 0. The fourth-order valence-corrected chi connectivity index (χ4v) is 0.185. The van der Waals surface area contributed by atoms with Crippen molar-refractivity contribution >= 4 is 17.3 Å². The summed E-state index contributed by atoms with van der Waals surface area (Å²) in [6, 6.07) is 0. The smallest absolute Gasteiger partial charge is 0.163 e. The van der Waals surface area contributed by atoms with Crippen molar-refractivity contribution in [3.8, 4) is 0 Å². The lowest BCUT2D eigenvalue weighted by Crippen LogP contribution is -1.83. The third kappa shape index (κ3) is 3.63. The molecule has 6 heavy (non-hydrogen) atoms. The van der Waals surface area contributed by atoms with Gasteiger partial charge in [-0.3, -0.25) is 0 Å². The monoisotopic (exact) mass is 102 g/mol. The molecular formula is C4H6OS. The molecule has 0 aromatic carbocycles. The molecule has 0 radical (unpaired) electrons. The standard InChI is InChI=1S/C4H6OS/c1-3-5-4(2)6/h3H,1H2,2H3. The second kappa shape index (κ2) is 2.85. The van der Waals surface area contributed by atoms with E-state index in [1.54, 1.807) is 6.92 Å². The number of rotatable bonds is 1. The van der Waals surface area contributed by atoms with Gasteiger partial charge in [0, 0.05) is 6.92 Å². The molecule has 0 saturated carbocycles. The zero-order valence-corrected chi connectivity index (χ0v) is 4.42. The summed E-state index contributed by atoms with van der Waals surface area (Å²) in [5, 5.41) is 0.505. The minimum atomic E-state index is 0.505. The van der Waals surface area contributed by atoms with E-state index in [0.29, 0.717) is 5.05 Å². The number of thiocarbonyl (C=S) groups is 1. The predicted molar refractivity (Wildman–Crippen MR) is 29.6 cm³/mol. The van der Waals surface area contributed by atoms with Gasteiger partial charge < -0.3 is 4.74 Å². The van der Waals surface area contributed by atoms with E-state index in [-0.39, 0.29) is 0 Å². The molecule has 2 heteroatoms. The van der Waals surface area contributed by atoms with E-state index in [1.807, 2.05) is 0 Å². The molecule has 0 aliphatic rings. The maximum absolute atomic E-state index is 4.54. The van der Waals surface area contributed by atoms with Crippen molar-refractivity contribution in [2.45, 2.75) is 6.92 Å². The van der Waals surface area contributed by atoms with Gasteiger partial charge in [0.25, 0.3) is 0 Å². The molecule has 0 aromatic heterocycles. The third-order valence-electron chi connectivity index (χ3n) is 0.249. The summed E-state index contributed by atoms with van der Waals surface area (Å²) < 4.78 is 4.54. The van der Waals surface area contributed by atoms with Gasteiger partial charge in [-0.25, -0.2) is 0 Å². The van der Waals surface area contributed by atoms with Gasteiger partial charge >= 0.3 is 0 Å². The Morgan fingerprint density at radius 2 is 2.50 bits per heavy atom. The average molecular weight is 102 g/mol. The van der Waals surface area contributed by atoms with E-state index < -0.39 is 0 Å². The highest BCUT2D eigenvalue weighted by Crippen LogP contribution is 1.76. The average Bonchev–Trinajstić information content (AvgIpc) is 1.35. The molecule has 0 aliphatic carbocycles. The lowest BCUT2D eigenvalue weighted by atomic mass is 10.9. The molecule has 0 saturated heterocycles. The minimum absolute atomic E-state index is 0.505. The molecule has 0 aliphatic heterocycles. The molecule has 0 amide bonds. The van der Waals surface area contributed by atoms with Gasteiger partial charge in [-0.2, -0.15) is 0 Å². The van der Waals surface area contributed by atoms with Crippen LogP contribution in [0.5, 0.6) is 0 Å². The predicted octanol–water partition coefficient (Wildman–Crippen LogP) is 1.49. The summed E-state index contributed by atoms with van der Waals surface area (Å²) in [5.41, 5.74) is 0. The molecule has 0 heterocycles. The van der Waals surface area contributed by atoms with Crippen LogP contribution in [0.25, 0.3) is 0 Å². The Labute approximate surface area is 42.6 Å². The lowest BCUT2D eigenvalue weighted by molar-refractivity contribution is 0.484. The van der Waals surface area contributed by atoms with Crippen LogP contribution in [0.3, 0.4) is 0 Å². The Bertz CT molecular complexity index is 67.9. The van der Waals surface area contributed by atoms with Crippen molar-refractivity contribution in [3.63, 3.8) is 0 Å². The van der Waals surface area contributed by atoms with Crippen molar-refractivity contribution in [3.05, 3.63) is 12.8 Å². The second-order valence-electron chi connectivity index (χ2n) is 0.776. The summed E-state index contributed by atoms with van der Waals surface area (Å²) in [6.45, 7) is 4.98. The second-order valence-corrected chi connectivity index (χ2v) is 1.35. The first-order valence-electron chi connectivity index (χ1n) is 1.55. The zero-order chi connectivity index (χ0) is 4.99. The van der Waals surface area contributed by atoms with Crippen LogP contribution in [-0.4, -0.2) is 5.05 Å². The van der Waals surface area contributed by atoms with Gasteiger partial charge in [0.1, 0.15) is 0 Å². The zero-order valence-electron chi connectivity index (χ0n) is 3.60. The van der Waals surface area contributed by atoms with E-state index in [2.05, 4.69) is 23.5 Å². The van der Waals surface area contributed by atoms with Crippen LogP contribution in [0.15, 0.2) is 12.8 Å². The van der Waals surface area contributed by atoms with Gasteiger partial charge in [0.2, 0.25) is 0 Å². The van der Waals surface area contributed by atoms with E-state index in [9.17, 15) is 0 Å². The Morgan fingerprint density at radius 3 is 2.50 bits per heavy atom. The SMILES string of the molecule is C=COC(C)=S. The maximum Gasteiger partial charge on any atom is 0.163 e. The van der Waals surface area contributed by atoms with E-state index in [1.165, 1.54) is 6.26 Å². The third-order valence-corrected chi connectivity index (χ3v) is 0.346. The summed E-state index contributed by atoms with van der Waals surface area (Å²) >= 11 is 4.50. The molecule has 0 rings (SSSR count). The maximum atomic E-state index is 4.54. The van der Waals surface area contributed by atoms with Gasteiger partial charge in [-0.1, -0.05) is 6.58 Å². The summed E-state index contributed by atoms with van der Waals surface area (Å²) in [5.74, 6) is 0. The minimum Gasteiger partial charge on any atom is -0.459 e. The van der Waals surface area contributed by atoms with E-state index in [4.69, 9.17) is 0 Å². The molecule has 0 N–H and O–H groups in total. The van der Waals surface area contributed by atoms with Gasteiger partial charge in [-0.15, -0.1) is 0 Å². The molecule has 0 unspecified atom stereocenters. The first kappa shape index (κ1) is 5.63. The summed E-state index contributed by atoms with van der Waals surface area (Å²) in [7, 11) is 0. The summed E-state index contributed by atoms with van der Waals surface area (Å²) in [6.07, 6.45) is 1.31. The number of ether oxygens (including phenoxy) is 1. The van der Waals surface area contributed by atoms with Crippen LogP contribution >= 0.6 is 12.2 Å². The van der Waals surface area contributed by atoms with Crippen LogP contribution in [0.2, 0.25) is 0 Å². The molecule has 0 atom stereocenters. The van der Waals surface area contributed by atoms with Crippen molar-refractivity contribution in [1.82, 2.24) is 0 Å². The van der Waals surface area contributed by atoms with Gasteiger partial charge in [0.05, 0.1) is 6.26 Å². The van der Waals surface area contributed by atoms with Gasteiger partial charge in [0.15, 0.2) is 5.05 Å². The Kier molecular flexibility index (Phi) is 2.67. The molecule has 0 bridgehead atoms. The van der Waals surface area contributed by atoms with Crippen LogP contribution in [0.4, 0.5) is 0 Å². The fraction of sp³-hybridized carbons (Fsp3) is 0.250. The van der Waals surface area contributed by atoms with Crippen molar-refractivity contribution in [2.24, 2.45) is 0 Å². The Morgan fingerprint density at radius 1 is 2.00 bits per heavy atom. The first-order valence-corrected chi connectivity index (χ1v) is 1.96. The van der Waals surface area contributed by atoms with Crippen LogP contribution < -0.4 is 0 Å². The molecule has 0 fully saturated rings. The Hall–Kier alpha value is -0.370. The van der Waals surface area contributed by atoms with Crippen LogP contribution in [0.1, 0.15) is 6.92 Å². The van der Waals surface area contributed by atoms with E-state index >= 15 is 0 Å².